The van der Waals surface area contributed by atoms with Crippen molar-refractivity contribution in [2.75, 3.05) is 0 Å². The highest BCUT2D eigenvalue weighted by atomic mass is 35.5. The Hall–Kier alpha value is -0.760. The molecule has 1 aromatic rings. The third-order valence-electron chi connectivity index (χ3n) is 1.98. The summed E-state index contributed by atoms with van der Waals surface area (Å²) in [7, 11) is 0. The molecule has 0 aliphatic rings. The Labute approximate surface area is 121 Å². The zero-order valence-corrected chi connectivity index (χ0v) is 11.5. The van der Waals surface area contributed by atoms with Gasteiger partial charge < -0.3 is 0 Å². The number of hydrogen-bond acceptors (Lipinski definition) is 4. The van der Waals surface area contributed by atoms with Crippen LogP contribution in [0.15, 0.2) is 0 Å². The fourth-order valence-corrected chi connectivity index (χ4v) is 2.23. The Morgan fingerprint density at radius 3 is 1.22 bits per heavy atom. The van der Waals surface area contributed by atoms with Gasteiger partial charge in [-0.15, -0.1) is 0 Å². The number of halogens is 4. The van der Waals surface area contributed by atoms with Crippen molar-refractivity contribution in [3.8, 4) is 0 Å². The first-order valence-corrected chi connectivity index (χ1v) is 5.75. The largest absolute Gasteiger partial charge is 0.290 e. The summed E-state index contributed by atoms with van der Waals surface area (Å²) in [5.74, 6) is 8.24. The van der Waals surface area contributed by atoms with Gasteiger partial charge in [-0.3, -0.25) is 20.4 Å². The molecule has 6 nitrogen and oxygen atoms in total. The van der Waals surface area contributed by atoms with Gasteiger partial charge in [-0.25, -0.2) is 11.7 Å². The minimum absolute atomic E-state index is 0.171. The van der Waals surface area contributed by atoms with Gasteiger partial charge in [0, 0.05) is 0 Å². The third kappa shape index (κ3) is 2.49. The van der Waals surface area contributed by atoms with Gasteiger partial charge >= 0.3 is 0 Å². The molecule has 0 saturated heterocycles. The number of nitrogen functional groups attached to an aromatic ring is 2. The first-order chi connectivity index (χ1) is 8.36. The zero-order chi connectivity index (χ0) is 14.0. The first-order valence-electron chi connectivity index (χ1n) is 4.24. The number of carbonyl (C=O) groups excluding carboxylic acids is 2. The highest BCUT2D eigenvalue weighted by Crippen LogP contribution is 2.41. The van der Waals surface area contributed by atoms with Gasteiger partial charge in [0.1, 0.15) is 0 Å². The molecule has 0 spiro atoms. The van der Waals surface area contributed by atoms with E-state index >= 15 is 0 Å². The van der Waals surface area contributed by atoms with Gasteiger partial charge in [0.25, 0.3) is 11.8 Å². The molecule has 0 radical (unpaired) electrons. The van der Waals surface area contributed by atoms with Crippen molar-refractivity contribution in [3.63, 3.8) is 0 Å². The smallest absolute Gasteiger partial charge is 0.267 e. The van der Waals surface area contributed by atoms with E-state index in [-0.39, 0.29) is 31.2 Å². The molecule has 0 aromatic heterocycles. The summed E-state index contributed by atoms with van der Waals surface area (Å²) in [5, 5.41) is -0.855. The number of hydrazine groups is 2. The SMILES string of the molecule is NNC(=O)c1c(Cl)c(Cl)c(Cl)c(Cl)c1C(=O)NN. The van der Waals surface area contributed by atoms with Crippen LogP contribution in [-0.4, -0.2) is 11.8 Å². The van der Waals surface area contributed by atoms with Crippen LogP contribution in [0.5, 0.6) is 0 Å². The maximum absolute atomic E-state index is 11.6. The van der Waals surface area contributed by atoms with E-state index in [4.69, 9.17) is 58.1 Å². The number of nitrogens with two attached hydrogens (primary N) is 2. The zero-order valence-electron chi connectivity index (χ0n) is 8.48. The number of carbonyl (C=O) groups is 2. The maximum Gasteiger partial charge on any atom is 0.267 e. The van der Waals surface area contributed by atoms with Crippen LogP contribution in [0.1, 0.15) is 20.7 Å². The fraction of sp³-hybridized carbons (Fsp3) is 0. The van der Waals surface area contributed by atoms with Crippen molar-refractivity contribution in [3.05, 3.63) is 31.2 Å². The standard InChI is InChI=1S/C8H6Cl4N4O2/c9-3-1(7(17)15-13)2(8(18)16-14)4(10)6(12)5(3)11/h13-14H2,(H,15,17)(H,16,18). The summed E-state index contributed by atoms with van der Waals surface area (Å²) in [6, 6.07) is 0. The molecule has 0 atom stereocenters. The second-order valence-electron chi connectivity index (χ2n) is 2.95. The molecule has 0 fully saturated rings. The van der Waals surface area contributed by atoms with Crippen LogP contribution in [0, 0.1) is 0 Å². The summed E-state index contributed by atoms with van der Waals surface area (Å²) in [4.78, 5) is 23.2. The molecule has 0 saturated carbocycles. The molecule has 1 rings (SSSR count). The lowest BCUT2D eigenvalue weighted by Crippen LogP contribution is -2.36. The molecule has 0 aliphatic carbocycles. The lowest BCUT2D eigenvalue weighted by Gasteiger charge is -2.14. The number of rotatable bonds is 2. The van der Waals surface area contributed by atoms with Gasteiger partial charge in [-0.1, -0.05) is 46.4 Å². The second-order valence-corrected chi connectivity index (χ2v) is 4.46. The maximum atomic E-state index is 11.6. The summed E-state index contributed by atoms with van der Waals surface area (Å²) in [6.45, 7) is 0. The van der Waals surface area contributed by atoms with Crippen LogP contribution in [0.4, 0.5) is 0 Å². The van der Waals surface area contributed by atoms with E-state index in [2.05, 4.69) is 0 Å². The number of nitrogens with one attached hydrogen (secondary N) is 2. The van der Waals surface area contributed by atoms with Crippen LogP contribution in [0.2, 0.25) is 20.1 Å². The lowest BCUT2D eigenvalue weighted by atomic mass is 10.1. The Balaban J connectivity index is 3.75. The highest BCUT2D eigenvalue weighted by Gasteiger charge is 2.28. The van der Waals surface area contributed by atoms with E-state index < -0.39 is 11.8 Å². The molecular formula is C8H6Cl4N4O2. The van der Waals surface area contributed by atoms with E-state index in [1.165, 1.54) is 0 Å². The van der Waals surface area contributed by atoms with E-state index in [9.17, 15) is 9.59 Å². The minimum atomic E-state index is -0.862. The summed E-state index contributed by atoms with van der Waals surface area (Å²) >= 11 is 23.2. The molecule has 1 aromatic carbocycles. The monoisotopic (exact) mass is 330 g/mol. The number of amides is 2. The van der Waals surface area contributed by atoms with Crippen molar-refractivity contribution >= 4 is 58.2 Å². The first kappa shape index (κ1) is 15.3. The predicted molar refractivity (Wildman–Crippen MR) is 69.8 cm³/mol. The van der Waals surface area contributed by atoms with E-state index in [1.807, 2.05) is 10.9 Å². The average Bonchev–Trinajstić information content (AvgIpc) is 2.38. The molecule has 6 N–H and O–H groups in total. The Morgan fingerprint density at radius 1 is 0.722 bits per heavy atom. The van der Waals surface area contributed by atoms with Crippen molar-refractivity contribution in [2.45, 2.75) is 0 Å². The van der Waals surface area contributed by atoms with Crippen molar-refractivity contribution < 1.29 is 9.59 Å². The summed E-state index contributed by atoms with van der Waals surface area (Å²) < 4.78 is 0. The van der Waals surface area contributed by atoms with Gasteiger partial charge in [0.2, 0.25) is 0 Å². The van der Waals surface area contributed by atoms with Gasteiger partial charge in [-0.2, -0.15) is 0 Å². The lowest BCUT2D eigenvalue weighted by molar-refractivity contribution is 0.0920. The Bertz CT molecular complexity index is 488. The molecule has 0 unspecified atom stereocenters. The summed E-state index contributed by atoms with van der Waals surface area (Å²) in [5.41, 5.74) is 2.99. The van der Waals surface area contributed by atoms with Crippen molar-refractivity contribution in [2.24, 2.45) is 11.7 Å². The fourth-order valence-electron chi connectivity index (χ4n) is 1.20. The average molecular weight is 332 g/mol. The molecule has 18 heavy (non-hydrogen) atoms. The normalized spacial score (nSPS) is 10.1. The van der Waals surface area contributed by atoms with Gasteiger partial charge in [0.05, 0.1) is 31.2 Å². The third-order valence-corrected chi connectivity index (χ3v) is 3.79. The van der Waals surface area contributed by atoms with Crippen molar-refractivity contribution in [1.29, 1.82) is 0 Å². The molecule has 2 amide bonds. The molecule has 0 aliphatic heterocycles. The second kappa shape index (κ2) is 5.92. The van der Waals surface area contributed by atoms with Gasteiger partial charge in [0.15, 0.2) is 0 Å². The van der Waals surface area contributed by atoms with Crippen LogP contribution in [0.3, 0.4) is 0 Å². The van der Waals surface area contributed by atoms with Crippen LogP contribution < -0.4 is 22.5 Å². The minimum Gasteiger partial charge on any atom is -0.290 e. The number of benzene rings is 1. The quantitative estimate of drug-likeness (QED) is 0.216. The highest BCUT2D eigenvalue weighted by molar-refractivity contribution is 6.54. The Kier molecular flexibility index (Phi) is 5.03. The summed E-state index contributed by atoms with van der Waals surface area (Å²) in [6.07, 6.45) is 0. The molecule has 98 valence electrons. The topological polar surface area (TPSA) is 110 Å². The molecule has 10 heteroatoms. The number of hydrogen-bond donors (Lipinski definition) is 4. The van der Waals surface area contributed by atoms with Crippen LogP contribution in [0.25, 0.3) is 0 Å². The van der Waals surface area contributed by atoms with Gasteiger partial charge in [-0.05, 0) is 0 Å². The van der Waals surface area contributed by atoms with Crippen LogP contribution >= 0.6 is 46.4 Å². The van der Waals surface area contributed by atoms with Crippen LogP contribution in [-0.2, 0) is 0 Å². The molecule has 0 heterocycles. The van der Waals surface area contributed by atoms with E-state index in [0.717, 1.165) is 0 Å². The molecular weight excluding hydrogens is 326 g/mol. The Morgan fingerprint density at radius 2 is 1.00 bits per heavy atom. The predicted octanol–water partition coefficient (Wildman–Crippen LogP) is 1.51. The van der Waals surface area contributed by atoms with Crippen molar-refractivity contribution in [1.82, 2.24) is 10.9 Å². The molecule has 0 bridgehead atoms. The van der Waals surface area contributed by atoms with E-state index in [1.54, 1.807) is 0 Å². The van der Waals surface area contributed by atoms with E-state index in [0.29, 0.717) is 0 Å².